The summed E-state index contributed by atoms with van der Waals surface area (Å²) in [4.78, 5) is 12.0. The zero-order chi connectivity index (χ0) is 12.3. The lowest BCUT2D eigenvalue weighted by Crippen LogP contribution is -2.32. The Kier molecular flexibility index (Phi) is 4.56. The Hall–Kier alpha value is -0.420. The summed E-state index contributed by atoms with van der Waals surface area (Å²) in [5, 5.41) is 3.62. The summed E-state index contributed by atoms with van der Waals surface area (Å²) in [6.45, 7) is 0.784. The van der Waals surface area contributed by atoms with Crippen molar-refractivity contribution in [1.29, 1.82) is 0 Å². The maximum absolute atomic E-state index is 12.0. The molecular formula is C12H17BrN2OS. The number of carbonyl (C=O) groups is 1. The molecule has 0 bridgehead atoms. The molecule has 1 atom stereocenters. The van der Waals surface area contributed by atoms with Crippen LogP contribution in [0.2, 0.25) is 0 Å². The molecule has 1 aliphatic rings. The third-order valence-electron chi connectivity index (χ3n) is 2.97. The van der Waals surface area contributed by atoms with Crippen LogP contribution < -0.4 is 5.32 Å². The lowest BCUT2D eigenvalue weighted by atomic mass is 10.2. The quantitative estimate of drug-likeness (QED) is 0.930. The van der Waals surface area contributed by atoms with Gasteiger partial charge in [0.05, 0.1) is 0 Å². The van der Waals surface area contributed by atoms with Crippen LogP contribution in [0.3, 0.4) is 0 Å². The zero-order valence-electron chi connectivity index (χ0n) is 9.91. The van der Waals surface area contributed by atoms with Crippen molar-refractivity contribution in [3.63, 3.8) is 0 Å². The van der Waals surface area contributed by atoms with E-state index in [1.807, 2.05) is 35.6 Å². The first kappa shape index (κ1) is 13.0. The molecule has 0 aromatic carbocycles. The van der Waals surface area contributed by atoms with E-state index in [-0.39, 0.29) is 5.91 Å². The molecule has 1 amide bonds. The molecule has 1 aromatic heterocycles. The minimum atomic E-state index is 0.0179. The van der Waals surface area contributed by atoms with E-state index in [0.717, 1.165) is 11.0 Å². The molecule has 0 aliphatic carbocycles. The smallest absolute Gasteiger partial charge is 0.267 e. The molecule has 1 fully saturated rings. The number of halogens is 1. The minimum absolute atomic E-state index is 0.0179. The lowest BCUT2D eigenvalue weighted by molar-refractivity contribution is 0.0945. The van der Waals surface area contributed by atoms with Crippen LogP contribution in [0, 0.1) is 0 Å². The van der Waals surface area contributed by atoms with Gasteiger partial charge in [-0.3, -0.25) is 4.79 Å². The van der Waals surface area contributed by atoms with Crippen LogP contribution in [0.5, 0.6) is 0 Å². The average Bonchev–Trinajstić information content (AvgIpc) is 2.67. The van der Waals surface area contributed by atoms with Crippen LogP contribution in [0.4, 0.5) is 0 Å². The SMILES string of the molecule is Cn1cc(Br)cc1C(=O)NCC1CCCCS1. The Morgan fingerprint density at radius 3 is 3.06 bits per heavy atom. The normalized spacial score (nSPS) is 20.2. The summed E-state index contributed by atoms with van der Waals surface area (Å²) in [6, 6.07) is 1.85. The van der Waals surface area contributed by atoms with Gasteiger partial charge in [0.1, 0.15) is 5.69 Å². The third-order valence-corrected chi connectivity index (χ3v) is 4.80. The maximum atomic E-state index is 12.0. The Bertz CT molecular complexity index is 399. The maximum Gasteiger partial charge on any atom is 0.267 e. The first-order chi connectivity index (χ1) is 8.16. The van der Waals surface area contributed by atoms with E-state index < -0.39 is 0 Å². The van der Waals surface area contributed by atoms with E-state index in [0.29, 0.717) is 10.9 Å². The van der Waals surface area contributed by atoms with Crippen molar-refractivity contribution in [3.05, 3.63) is 22.4 Å². The van der Waals surface area contributed by atoms with E-state index in [9.17, 15) is 4.79 Å². The fraction of sp³-hybridized carbons (Fsp3) is 0.583. The molecule has 2 heterocycles. The van der Waals surface area contributed by atoms with Crippen molar-refractivity contribution < 1.29 is 4.79 Å². The molecule has 1 aliphatic heterocycles. The first-order valence-electron chi connectivity index (χ1n) is 5.88. The van der Waals surface area contributed by atoms with Crippen molar-refractivity contribution in [2.24, 2.45) is 7.05 Å². The molecule has 1 N–H and O–H groups in total. The van der Waals surface area contributed by atoms with Crippen LogP contribution >= 0.6 is 27.7 Å². The molecule has 1 saturated heterocycles. The molecule has 0 spiro atoms. The molecule has 94 valence electrons. The van der Waals surface area contributed by atoms with Gasteiger partial charge in [0.15, 0.2) is 0 Å². The van der Waals surface area contributed by atoms with Crippen LogP contribution in [-0.4, -0.2) is 28.0 Å². The Morgan fingerprint density at radius 1 is 1.65 bits per heavy atom. The van der Waals surface area contributed by atoms with Gasteiger partial charge in [-0.05, 0) is 40.6 Å². The Balaban J connectivity index is 1.86. The molecular weight excluding hydrogens is 300 g/mol. The number of hydrogen-bond donors (Lipinski definition) is 1. The number of hydrogen-bond acceptors (Lipinski definition) is 2. The molecule has 2 rings (SSSR count). The second kappa shape index (κ2) is 5.96. The second-order valence-corrected chi connectivity index (χ2v) is 6.68. The second-order valence-electron chi connectivity index (χ2n) is 4.35. The highest BCUT2D eigenvalue weighted by Crippen LogP contribution is 2.24. The van der Waals surface area contributed by atoms with Gasteiger partial charge in [-0.15, -0.1) is 0 Å². The third kappa shape index (κ3) is 3.52. The van der Waals surface area contributed by atoms with E-state index >= 15 is 0 Å². The zero-order valence-corrected chi connectivity index (χ0v) is 12.3. The monoisotopic (exact) mass is 316 g/mol. The number of nitrogens with one attached hydrogen (secondary N) is 1. The van der Waals surface area contributed by atoms with Crippen LogP contribution in [0.15, 0.2) is 16.7 Å². The predicted octanol–water partition coefficient (Wildman–Crippen LogP) is 2.80. The highest BCUT2D eigenvalue weighted by Gasteiger charge is 2.16. The number of aryl methyl sites for hydroxylation is 1. The number of carbonyl (C=O) groups excluding carboxylic acids is 1. The van der Waals surface area contributed by atoms with Gasteiger partial charge >= 0.3 is 0 Å². The molecule has 17 heavy (non-hydrogen) atoms. The largest absolute Gasteiger partial charge is 0.350 e. The topological polar surface area (TPSA) is 34.0 Å². The van der Waals surface area contributed by atoms with Gasteiger partial charge in [-0.1, -0.05) is 6.42 Å². The summed E-state index contributed by atoms with van der Waals surface area (Å²) < 4.78 is 2.78. The molecule has 0 radical (unpaired) electrons. The fourth-order valence-electron chi connectivity index (χ4n) is 2.02. The minimum Gasteiger partial charge on any atom is -0.350 e. The highest BCUT2D eigenvalue weighted by atomic mass is 79.9. The van der Waals surface area contributed by atoms with Gasteiger partial charge < -0.3 is 9.88 Å². The summed E-state index contributed by atoms with van der Waals surface area (Å²) >= 11 is 5.35. The molecule has 3 nitrogen and oxygen atoms in total. The van der Waals surface area contributed by atoms with Crippen molar-refractivity contribution in [1.82, 2.24) is 9.88 Å². The van der Waals surface area contributed by atoms with Gasteiger partial charge in [-0.2, -0.15) is 11.8 Å². The molecule has 5 heteroatoms. The van der Waals surface area contributed by atoms with Gasteiger partial charge in [0, 0.05) is 29.5 Å². The van der Waals surface area contributed by atoms with E-state index in [1.165, 1.54) is 25.0 Å². The average molecular weight is 317 g/mol. The van der Waals surface area contributed by atoms with Gasteiger partial charge in [-0.25, -0.2) is 0 Å². The van der Waals surface area contributed by atoms with Crippen molar-refractivity contribution in [3.8, 4) is 0 Å². The standard InChI is InChI=1S/C12H17BrN2OS/c1-15-8-9(13)6-11(15)12(16)14-7-10-4-2-3-5-17-10/h6,8,10H,2-5,7H2,1H3,(H,14,16). The summed E-state index contributed by atoms with van der Waals surface area (Å²) in [5.74, 6) is 1.25. The van der Waals surface area contributed by atoms with Crippen molar-refractivity contribution in [2.45, 2.75) is 24.5 Å². The lowest BCUT2D eigenvalue weighted by Gasteiger charge is -2.21. The summed E-state index contributed by atoms with van der Waals surface area (Å²) in [6.07, 6.45) is 5.73. The van der Waals surface area contributed by atoms with Gasteiger partial charge in [0.25, 0.3) is 5.91 Å². The van der Waals surface area contributed by atoms with E-state index in [2.05, 4.69) is 21.2 Å². The van der Waals surface area contributed by atoms with Crippen LogP contribution in [0.25, 0.3) is 0 Å². The Morgan fingerprint density at radius 2 is 2.47 bits per heavy atom. The Labute approximate surface area is 114 Å². The summed E-state index contributed by atoms with van der Waals surface area (Å²) in [5.41, 5.74) is 0.706. The summed E-state index contributed by atoms with van der Waals surface area (Å²) in [7, 11) is 1.88. The molecule has 1 unspecified atom stereocenters. The molecule has 1 aromatic rings. The number of thioether (sulfide) groups is 1. The van der Waals surface area contributed by atoms with Crippen molar-refractivity contribution >= 4 is 33.6 Å². The molecule has 0 saturated carbocycles. The number of amides is 1. The number of rotatable bonds is 3. The van der Waals surface area contributed by atoms with Crippen LogP contribution in [-0.2, 0) is 7.05 Å². The number of nitrogens with zero attached hydrogens (tertiary/aromatic N) is 1. The van der Waals surface area contributed by atoms with Crippen molar-refractivity contribution in [2.75, 3.05) is 12.3 Å². The predicted molar refractivity (Wildman–Crippen MR) is 75.5 cm³/mol. The number of aromatic nitrogens is 1. The van der Waals surface area contributed by atoms with Crippen LogP contribution in [0.1, 0.15) is 29.8 Å². The van der Waals surface area contributed by atoms with E-state index in [1.54, 1.807) is 0 Å². The first-order valence-corrected chi connectivity index (χ1v) is 7.72. The van der Waals surface area contributed by atoms with E-state index in [4.69, 9.17) is 0 Å². The fourth-order valence-corrected chi connectivity index (χ4v) is 3.78. The van der Waals surface area contributed by atoms with Gasteiger partial charge in [0.2, 0.25) is 0 Å². The highest BCUT2D eigenvalue weighted by molar-refractivity contribution is 9.10.